The largest absolute Gasteiger partial charge is 0.493 e. The second kappa shape index (κ2) is 8.68. The quantitative estimate of drug-likeness (QED) is 0.348. The van der Waals surface area contributed by atoms with Gasteiger partial charge in [-0.1, -0.05) is 11.8 Å². The first kappa shape index (κ1) is 18.3. The Morgan fingerprint density at radius 3 is 2.76 bits per heavy atom. The minimum absolute atomic E-state index is 0.0152. The normalized spacial score (nSPS) is 10.6. The molecule has 0 aliphatic rings. The molecule has 0 aliphatic carbocycles. The van der Waals surface area contributed by atoms with Crippen molar-refractivity contribution >= 4 is 23.9 Å². The van der Waals surface area contributed by atoms with Crippen LogP contribution in [-0.2, 0) is 4.79 Å². The maximum atomic E-state index is 11.7. The second-order valence-electron chi connectivity index (χ2n) is 4.51. The van der Waals surface area contributed by atoms with Gasteiger partial charge in [0.05, 0.1) is 26.2 Å². The number of nitrogens with zero attached hydrogens (tertiary/aromatic N) is 2. The molecular formula is C14H15N5O5S. The molecule has 25 heavy (non-hydrogen) atoms. The van der Waals surface area contributed by atoms with Gasteiger partial charge < -0.3 is 9.47 Å². The van der Waals surface area contributed by atoms with E-state index in [-0.39, 0.29) is 10.8 Å². The molecular weight excluding hydrogens is 350 g/mol. The van der Waals surface area contributed by atoms with E-state index < -0.39 is 17.2 Å². The SMILES string of the molecule is COc1ccc(/C=N/NC(=O)CSc2n[nH]c(=O)[nH]c2=O)cc1OC. The van der Waals surface area contributed by atoms with Gasteiger partial charge in [-0.05, 0) is 23.8 Å². The van der Waals surface area contributed by atoms with Gasteiger partial charge in [-0.2, -0.15) is 10.2 Å². The Labute approximate surface area is 145 Å². The van der Waals surface area contributed by atoms with Crippen molar-refractivity contribution in [1.29, 1.82) is 0 Å². The number of methoxy groups -OCH3 is 2. The van der Waals surface area contributed by atoms with E-state index >= 15 is 0 Å². The first-order chi connectivity index (χ1) is 12.0. The fourth-order valence-corrected chi connectivity index (χ4v) is 2.34. The highest BCUT2D eigenvalue weighted by atomic mass is 32.2. The highest BCUT2D eigenvalue weighted by molar-refractivity contribution is 7.99. The number of carbonyl (C=O) groups excluding carboxylic acids is 1. The molecule has 0 spiro atoms. The summed E-state index contributed by atoms with van der Waals surface area (Å²) in [5, 5.41) is 9.44. The summed E-state index contributed by atoms with van der Waals surface area (Å²) in [7, 11) is 3.05. The molecule has 2 aromatic rings. The molecule has 0 unspecified atom stereocenters. The molecule has 1 aromatic carbocycles. The minimum atomic E-state index is -0.710. The first-order valence-corrected chi connectivity index (χ1v) is 7.87. The summed E-state index contributed by atoms with van der Waals surface area (Å²) in [5.74, 6) is 0.593. The molecule has 11 heteroatoms. The van der Waals surface area contributed by atoms with Crippen molar-refractivity contribution in [2.75, 3.05) is 20.0 Å². The molecule has 0 aliphatic heterocycles. The van der Waals surface area contributed by atoms with Crippen LogP contribution in [0.1, 0.15) is 5.56 Å². The van der Waals surface area contributed by atoms with Crippen LogP contribution >= 0.6 is 11.8 Å². The number of carbonyl (C=O) groups is 1. The Bertz CT molecular complexity index is 892. The van der Waals surface area contributed by atoms with Gasteiger partial charge >= 0.3 is 5.69 Å². The molecule has 2 rings (SSSR count). The van der Waals surface area contributed by atoms with Crippen molar-refractivity contribution in [3.05, 3.63) is 44.6 Å². The maximum absolute atomic E-state index is 11.7. The summed E-state index contributed by atoms with van der Waals surface area (Å²) >= 11 is 0.874. The van der Waals surface area contributed by atoms with Crippen molar-refractivity contribution in [3.8, 4) is 11.5 Å². The average molecular weight is 365 g/mol. The van der Waals surface area contributed by atoms with Crippen LogP contribution in [0.4, 0.5) is 0 Å². The van der Waals surface area contributed by atoms with Gasteiger partial charge in [-0.15, -0.1) is 0 Å². The summed E-state index contributed by atoms with van der Waals surface area (Å²) in [6.07, 6.45) is 1.44. The van der Waals surface area contributed by atoms with Crippen molar-refractivity contribution in [1.82, 2.24) is 20.6 Å². The van der Waals surface area contributed by atoms with Crippen LogP contribution in [0.25, 0.3) is 0 Å². The zero-order valence-corrected chi connectivity index (χ0v) is 14.2. The molecule has 1 amide bonds. The number of amides is 1. The number of H-pyrrole nitrogens is 2. The standard InChI is InChI=1S/C14H15N5O5S/c1-23-9-4-3-8(5-10(9)24-2)6-15-17-11(20)7-25-13-12(21)16-14(22)19-18-13/h3-6H,7H2,1-2H3,(H,17,20)(H2,16,19,21,22)/b15-6+. The van der Waals surface area contributed by atoms with E-state index in [1.54, 1.807) is 18.2 Å². The van der Waals surface area contributed by atoms with Crippen molar-refractivity contribution < 1.29 is 14.3 Å². The Morgan fingerprint density at radius 2 is 2.08 bits per heavy atom. The highest BCUT2D eigenvalue weighted by Gasteiger charge is 2.07. The number of hydrogen-bond donors (Lipinski definition) is 3. The van der Waals surface area contributed by atoms with Gasteiger partial charge in [0.25, 0.3) is 5.56 Å². The minimum Gasteiger partial charge on any atom is -0.493 e. The third-order valence-corrected chi connectivity index (χ3v) is 3.79. The molecule has 0 saturated heterocycles. The predicted octanol–water partition coefficient (Wildman–Crippen LogP) is -0.282. The number of aromatic amines is 2. The van der Waals surface area contributed by atoms with Crippen LogP contribution in [0.5, 0.6) is 11.5 Å². The monoisotopic (exact) mass is 365 g/mol. The number of thioether (sulfide) groups is 1. The van der Waals surface area contributed by atoms with Gasteiger partial charge in [-0.25, -0.2) is 15.3 Å². The zero-order chi connectivity index (χ0) is 18.2. The van der Waals surface area contributed by atoms with E-state index in [1.165, 1.54) is 20.4 Å². The first-order valence-electron chi connectivity index (χ1n) is 6.89. The van der Waals surface area contributed by atoms with Crippen LogP contribution in [0.15, 0.2) is 37.9 Å². The molecule has 0 saturated carbocycles. The maximum Gasteiger partial charge on any atom is 0.342 e. The lowest BCUT2D eigenvalue weighted by molar-refractivity contribution is -0.118. The van der Waals surface area contributed by atoms with Gasteiger partial charge in [0, 0.05) is 0 Å². The summed E-state index contributed by atoms with van der Waals surface area (Å²) in [4.78, 5) is 36.0. The number of rotatable bonds is 7. The third kappa shape index (κ3) is 5.21. The highest BCUT2D eigenvalue weighted by Crippen LogP contribution is 2.26. The number of aromatic nitrogens is 3. The average Bonchev–Trinajstić information content (AvgIpc) is 2.60. The molecule has 1 aromatic heterocycles. The molecule has 0 atom stereocenters. The summed E-state index contributed by atoms with van der Waals surface area (Å²) in [5.41, 5.74) is 1.66. The van der Waals surface area contributed by atoms with Crippen LogP contribution < -0.4 is 26.1 Å². The molecule has 3 N–H and O–H groups in total. The topological polar surface area (TPSA) is 139 Å². The predicted molar refractivity (Wildman–Crippen MR) is 91.5 cm³/mol. The molecule has 0 bridgehead atoms. The summed E-state index contributed by atoms with van der Waals surface area (Å²) in [6.45, 7) is 0. The third-order valence-electron chi connectivity index (χ3n) is 2.83. The summed E-state index contributed by atoms with van der Waals surface area (Å²) in [6, 6.07) is 5.16. The second-order valence-corrected chi connectivity index (χ2v) is 5.47. The van der Waals surface area contributed by atoms with Crippen LogP contribution in [-0.4, -0.2) is 47.3 Å². The Morgan fingerprint density at radius 1 is 1.32 bits per heavy atom. The van der Waals surface area contributed by atoms with E-state index in [0.717, 1.165) is 11.8 Å². The number of benzene rings is 1. The number of hydrogen-bond acceptors (Lipinski definition) is 8. The fourth-order valence-electron chi connectivity index (χ4n) is 1.71. The van der Waals surface area contributed by atoms with E-state index in [0.29, 0.717) is 17.1 Å². The smallest absolute Gasteiger partial charge is 0.342 e. The number of ether oxygens (including phenoxy) is 2. The molecule has 0 radical (unpaired) electrons. The Hall–Kier alpha value is -3.08. The summed E-state index contributed by atoms with van der Waals surface area (Å²) < 4.78 is 10.3. The van der Waals surface area contributed by atoms with Crippen molar-refractivity contribution in [2.24, 2.45) is 5.10 Å². The number of hydrazone groups is 1. The number of nitrogens with one attached hydrogen (secondary N) is 3. The Kier molecular flexibility index (Phi) is 6.34. The lowest BCUT2D eigenvalue weighted by Crippen LogP contribution is -2.26. The van der Waals surface area contributed by atoms with Crippen molar-refractivity contribution in [3.63, 3.8) is 0 Å². The van der Waals surface area contributed by atoms with E-state index in [9.17, 15) is 14.4 Å². The van der Waals surface area contributed by atoms with E-state index in [2.05, 4.69) is 20.7 Å². The van der Waals surface area contributed by atoms with Crippen LogP contribution in [0, 0.1) is 0 Å². The van der Waals surface area contributed by atoms with Crippen molar-refractivity contribution in [2.45, 2.75) is 5.03 Å². The van der Waals surface area contributed by atoms with Gasteiger partial charge in [0.15, 0.2) is 16.5 Å². The van der Waals surface area contributed by atoms with E-state index in [4.69, 9.17) is 9.47 Å². The fraction of sp³-hybridized carbons (Fsp3) is 0.214. The van der Waals surface area contributed by atoms with Gasteiger partial charge in [0.2, 0.25) is 5.91 Å². The molecule has 132 valence electrons. The lowest BCUT2D eigenvalue weighted by Gasteiger charge is -2.07. The zero-order valence-electron chi connectivity index (χ0n) is 13.4. The van der Waals surface area contributed by atoms with Gasteiger partial charge in [-0.3, -0.25) is 14.6 Å². The molecule has 1 heterocycles. The van der Waals surface area contributed by atoms with Crippen LogP contribution in [0.3, 0.4) is 0 Å². The van der Waals surface area contributed by atoms with Crippen LogP contribution in [0.2, 0.25) is 0 Å². The molecule has 10 nitrogen and oxygen atoms in total. The lowest BCUT2D eigenvalue weighted by atomic mass is 10.2. The molecule has 0 fully saturated rings. The van der Waals surface area contributed by atoms with Gasteiger partial charge in [0.1, 0.15) is 0 Å². The Balaban J connectivity index is 1.90. The van der Waals surface area contributed by atoms with E-state index in [1.807, 2.05) is 4.98 Å².